The molecular weight excluding hydrogens is 265 g/mol. The second-order valence-corrected chi connectivity index (χ2v) is 3.83. The van der Waals surface area contributed by atoms with E-state index in [9.17, 15) is 9.59 Å². The summed E-state index contributed by atoms with van der Waals surface area (Å²) in [6, 6.07) is 0. The Morgan fingerprint density at radius 3 is 3.00 bits per heavy atom. The van der Waals surface area contributed by atoms with Crippen LogP contribution < -0.4 is 0 Å². The number of ketones is 1. The average Bonchev–Trinajstić information content (AvgIpc) is 2.63. The molecular formula is C8H5N3O3Se. The quantitative estimate of drug-likeness (QED) is 0.386. The van der Waals surface area contributed by atoms with Gasteiger partial charge in [0.15, 0.2) is 0 Å². The number of fused-ring (bicyclic) bond motifs is 1. The number of rotatable bonds is 1. The van der Waals surface area contributed by atoms with E-state index in [1.165, 1.54) is 13.0 Å². The van der Waals surface area contributed by atoms with Crippen LogP contribution in [0.15, 0.2) is 11.2 Å². The molecule has 0 fully saturated rings. The van der Waals surface area contributed by atoms with Crippen LogP contribution in [0.2, 0.25) is 0 Å². The summed E-state index contributed by atoms with van der Waals surface area (Å²) in [5.41, 5.74) is 1.09. The van der Waals surface area contributed by atoms with Gasteiger partial charge in [0.25, 0.3) is 0 Å². The van der Waals surface area contributed by atoms with Crippen molar-refractivity contribution >= 4 is 38.5 Å². The number of hydrogen-bond donors (Lipinski definition) is 0. The molecule has 6 nitrogen and oxygen atoms in total. The molecule has 1 aromatic heterocycles. The van der Waals surface area contributed by atoms with Gasteiger partial charge in [0, 0.05) is 0 Å². The van der Waals surface area contributed by atoms with Crippen molar-refractivity contribution in [3.8, 4) is 0 Å². The van der Waals surface area contributed by atoms with Crippen molar-refractivity contribution < 1.29 is 14.4 Å². The molecule has 0 unspecified atom stereocenters. The molecule has 0 spiro atoms. The molecule has 0 saturated carbocycles. The molecule has 15 heavy (non-hydrogen) atoms. The van der Waals surface area contributed by atoms with Crippen LogP contribution >= 0.6 is 0 Å². The zero-order chi connectivity index (χ0) is 10.8. The summed E-state index contributed by atoms with van der Waals surface area (Å²) in [7, 11) is 0. The van der Waals surface area contributed by atoms with E-state index in [1.54, 1.807) is 6.08 Å². The second kappa shape index (κ2) is 3.88. The van der Waals surface area contributed by atoms with E-state index in [2.05, 4.69) is 18.0 Å². The topological polar surface area (TPSA) is 81.5 Å². The Bertz CT molecular complexity index is 489. The van der Waals surface area contributed by atoms with Crippen LogP contribution in [0.1, 0.15) is 18.3 Å². The number of oxime groups is 1. The van der Waals surface area contributed by atoms with Crippen molar-refractivity contribution in [1.29, 1.82) is 0 Å². The summed E-state index contributed by atoms with van der Waals surface area (Å²) in [4.78, 5) is 26.4. The molecule has 76 valence electrons. The number of carbonyl (C=O) groups is 2. The van der Waals surface area contributed by atoms with E-state index < -0.39 is 5.97 Å². The Hall–Kier alpha value is -1.59. The third-order valence-electron chi connectivity index (χ3n) is 1.63. The van der Waals surface area contributed by atoms with Gasteiger partial charge in [0.1, 0.15) is 0 Å². The van der Waals surface area contributed by atoms with E-state index >= 15 is 0 Å². The van der Waals surface area contributed by atoms with Gasteiger partial charge in [0.05, 0.1) is 0 Å². The summed E-state index contributed by atoms with van der Waals surface area (Å²) in [6.45, 7) is 1.21. The fourth-order valence-corrected chi connectivity index (χ4v) is 2.15. The fraction of sp³-hybridized carbons (Fsp3) is 0.125. The van der Waals surface area contributed by atoms with Crippen LogP contribution in [0.25, 0.3) is 6.08 Å². The number of nitrogens with zero attached hydrogens (tertiary/aromatic N) is 3. The zero-order valence-corrected chi connectivity index (χ0v) is 9.34. The molecule has 7 heteroatoms. The molecule has 0 atom stereocenters. The Kier molecular flexibility index (Phi) is 2.57. The SMILES string of the molecule is CC(=O)O/N=C1/C(=O)C=Cc2n[se]nc21. The number of aromatic nitrogens is 2. The fourth-order valence-electron chi connectivity index (χ4n) is 1.02. The Morgan fingerprint density at radius 2 is 2.27 bits per heavy atom. The van der Waals surface area contributed by atoms with Crippen LogP contribution in [-0.4, -0.2) is 40.4 Å². The van der Waals surface area contributed by atoms with Crippen LogP contribution in [-0.2, 0) is 14.4 Å². The zero-order valence-electron chi connectivity index (χ0n) is 7.63. The molecule has 1 aliphatic rings. The average molecular weight is 270 g/mol. The number of allylic oxidation sites excluding steroid dienone is 1. The van der Waals surface area contributed by atoms with Crippen LogP contribution in [0.3, 0.4) is 0 Å². The Labute approximate surface area is 90.8 Å². The van der Waals surface area contributed by atoms with Gasteiger partial charge >= 0.3 is 90.4 Å². The van der Waals surface area contributed by atoms with Gasteiger partial charge in [-0.25, -0.2) is 0 Å². The van der Waals surface area contributed by atoms with E-state index in [1.807, 2.05) is 0 Å². The first kappa shape index (κ1) is 9.95. The normalized spacial score (nSPS) is 16.6. The minimum absolute atomic E-state index is 0.0471. The molecule has 0 amide bonds. The molecule has 1 heterocycles. The van der Waals surface area contributed by atoms with Crippen molar-refractivity contribution in [3.05, 3.63) is 17.5 Å². The van der Waals surface area contributed by atoms with Crippen molar-refractivity contribution in [3.63, 3.8) is 0 Å². The van der Waals surface area contributed by atoms with Gasteiger partial charge in [-0.2, -0.15) is 0 Å². The van der Waals surface area contributed by atoms with E-state index in [4.69, 9.17) is 0 Å². The van der Waals surface area contributed by atoms with Crippen molar-refractivity contribution in [2.24, 2.45) is 5.16 Å². The number of carbonyl (C=O) groups excluding carboxylic acids is 2. The maximum absolute atomic E-state index is 11.4. The van der Waals surface area contributed by atoms with Gasteiger partial charge in [-0.05, 0) is 0 Å². The summed E-state index contributed by atoms with van der Waals surface area (Å²) in [6.07, 6.45) is 2.92. The predicted molar refractivity (Wildman–Crippen MR) is 51.3 cm³/mol. The summed E-state index contributed by atoms with van der Waals surface area (Å²) >= 11 is -0.239. The van der Waals surface area contributed by atoms with Gasteiger partial charge < -0.3 is 0 Å². The standard InChI is InChI=1S/C8H5N3O3Se/c1-4(12)14-9-8-6(13)3-2-5-7(8)11-15-10-5/h2-3H,1H3/b9-8-. The first-order valence-corrected chi connectivity index (χ1v) is 5.52. The molecule has 2 rings (SSSR count). The third kappa shape index (κ3) is 1.93. The first-order chi connectivity index (χ1) is 7.18. The minimum atomic E-state index is -0.576. The van der Waals surface area contributed by atoms with E-state index in [-0.39, 0.29) is 26.5 Å². The van der Waals surface area contributed by atoms with Gasteiger partial charge in [-0.15, -0.1) is 0 Å². The molecule has 1 aliphatic carbocycles. The van der Waals surface area contributed by atoms with Gasteiger partial charge in [-0.1, -0.05) is 0 Å². The van der Waals surface area contributed by atoms with Crippen molar-refractivity contribution in [1.82, 2.24) is 7.96 Å². The van der Waals surface area contributed by atoms with Crippen molar-refractivity contribution in [2.75, 3.05) is 0 Å². The molecule has 0 radical (unpaired) electrons. The predicted octanol–water partition coefficient (Wildman–Crippen LogP) is -0.603. The van der Waals surface area contributed by atoms with Crippen LogP contribution in [0.5, 0.6) is 0 Å². The summed E-state index contributed by atoms with van der Waals surface area (Å²) in [5.74, 6) is -0.904. The Balaban J connectivity index is 2.40. The molecule has 0 aromatic carbocycles. The maximum atomic E-state index is 11.4. The summed E-state index contributed by atoms with van der Waals surface area (Å²) < 4.78 is 8.13. The molecule has 0 aliphatic heterocycles. The summed E-state index contributed by atoms with van der Waals surface area (Å²) in [5, 5.41) is 3.47. The monoisotopic (exact) mass is 271 g/mol. The molecule has 0 bridgehead atoms. The Morgan fingerprint density at radius 1 is 1.47 bits per heavy atom. The van der Waals surface area contributed by atoms with Crippen LogP contribution in [0.4, 0.5) is 0 Å². The van der Waals surface area contributed by atoms with Gasteiger partial charge in [-0.3, -0.25) is 0 Å². The first-order valence-electron chi connectivity index (χ1n) is 3.99. The van der Waals surface area contributed by atoms with Crippen LogP contribution in [0, 0.1) is 0 Å². The third-order valence-corrected chi connectivity index (χ3v) is 2.77. The molecule has 0 saturated heterocycles. The second-order valence-electron chi connectivity index (χ2n) is 2.72. The van der Waals surface area contributed by atoms with E-state index in [0.717, 1.165) is 0 Å². The van der Waals surface area contributed by atoms with Gasteiger partial charge in [0.2, 0.25) is 0 Å². The number of hydrogen-bond acceptors (Lipinski definition) is 6. The molecule has 1 aromatic rings. The van der Waals surface area contributed by atoms with Crippen molar-refractivity contribution in [2.45, 2.75) is 6.92 Å². The van der Waals surface area contributed by atoms with E-state index in [0.29, 0.717) is 11.4 Å². The molecule has 0 N–H and O–H groups in total.